The van der Waals surface area contributed by atoms with Gasteiger partial charge in [0.25, 0.3) is 0 Å². The summed E-state index contributed by atoms with van der Waals surface area (Å²) in [6, 6.07) is 4.72. The van der Waals surface area contributed by atoms with Gasteiger partial charge in [0.15, 0.2) is 0 Å². The number of hydrogen-bond acceptors (Lipinski definition) is 4. The van der Waals surface area contributed by atoms with Crippen LogP contribution in [0.2, 0.25) is 0 Å². The van der Waals surface area contributed by atoms with E-state index < -0.39 is 6.10 Å². The molecule has 0 aliphatic rings. The van der Waals surface area contributed by atoms with Crippen molar-refractivity contribution in [1.82, 2.24) is 0 Å². The van der Waals surface area contributed by atoms with Gasteiger partial charge in [0.1, 0.15) is 5.82 Å². The van der Waals surface area contributed by atoms with Crippen LogP contribution in [0.1, 0.15) is 13.8 Å². The number of aliphatic hydroxyl groups is 1. The average molecular weight is 350 g/mol. The smallest absolute Gasteiger partial charge is 0.139 e. The molecule has 1 aromatic carbocycles. The van der Waals surface area contributed by atoms with E-state index in [9.17, 15) is 9.50 Å². The largest absolute Gasteiger partial charge is 0.389 e. The van der Waals surface area contributed by atoms with Gasteiger partial charge < -0.3 is 19.9 Å². The molecule has 0 heterocycles. The molecule has 0 fully saturated rings. The van der Waals surface area contributed by atoms with Gasteiger partial charge in [-0.2, -0.15) is 0 Å². The average Bonchev–Trinajstić information content (AvgIpc) is 2.39. The Morgan fingerprint density at radius 2 is 2.10 bits per heavy atom. The predicted octanol–water partition coefficient (Wildman–Crippen LogP) is 2.80. The zero-order valence-electron chi connectivity index (χ0n) is 11.7. The van der Waals surface area contributed by atoms with Crippen LogP contribution in [0, 0.1) is 5.82 Å². The maximum absolute atomic E-state index is 13.3. The van der Waals surface area contributed by atoms with E-state index >= 15 is 0 Å². The number of halogens is 2. The minimum atomic E-state index is -0.652. The summed E-state index contributed by atoms with van der Waals surface area (Å²) < 4.78 is 24.3. The van der Waals surface area contributed by atoms with Gasteiger partial charge in [0.2, 0.25) is 0 Å². The van der Waals surface area contributed by atoms with E-state index in [1.807, 2.05) is 13.8 Å². The van der Waals surface area contributed by atoms with Gasteiger partial charge >= 0.3 is 0 Å². The third-order valence-electron chi connectivity index (χ3n) is 2.45. The number of anilines is 1. The Labute approximate surface area is 127 Å². The number of ether oxygens (including phenoxy) is 2. The Hall–Kier alpha value is -0.690. The standard InChI is InChI=1S/C14H21BrFNO3/c1-10(2)20-6-5-19-9-12(18)8-17-11-3-4-13(15)14(16)7-11/h3-4,7,10,12,17-18H,5-6,8-9H2,1-2H3. The summed E-state index contributed by atoms with van der Waals surface area (Å²) in [5.41, 5.74) is 0.618. The fraction of sp³-hybridized carbons (Fsp3) is 0.571. The molecular weight excluding hydrogens is 329 g/mol. The predicted molar refractivity (Wildman–Crippen MR) is 80.5 cm³/mol. The molecule has 6 heteroatoms. The number of hydrogen-bond donors (Lipinski definition) is 2. The lowest BCUT2D eigenvalue weighted by molar-refractivity contribution is -0.00734. The van der Waals surface area contributed by atoms with Crippen LogP contribution in [0.25, 0.3) is 0 Å². The van der Waals surface area contributed by atoms with Crippen molar-refractivity contribution in [1.29, 1.82) is 0 Å². The van der Waals surface area contributed by atoms with E-state index in [-0.39, 0.29) is 18.5 Å². The zero-order chi connectivity index (χ0) is 15.0. The number of nitrogens with one attached hydrogen (secondary N) is 1. The highest BCUT2D eigenvalue weighted by Crippen LogP contribution is 2.19. The first-order chi connectivity index (χ1) is 9.49. The minimum absolute atomic E-state index is 0.178. The maximum atomic E-state index is 13.3. The molecule has 114 valence electrons. The molecule has 0 bridgehead atoms. The van der Waals surface area contributed by atoms with Crippen molar-refractivity contribution in [2.75, 3.05) is 31.7 Å². The van der Waals surface area contributed by atoms with Crippen LogP contribution < -0.4 is 5.32 Å². The lowest BCUT2D eigenvalue weighted by atomic mass is 10.3. The zero-order valence-corrected chi connectivity index (χ0v) is 13.3. The molecule has 4 nitrogen and oxygen atoms in total. The highest BCUT2D eigenvalue weighted by atomic mass is 79.9. The second kappa shape index (κ2) is 9.28. The summed E-state index contributed by atoms with van der Waals surface area (Å²) >= 11 is 3.08. The first-order valence-corrected chi connectivity index (χ1v) is 7.34. The summed E-state index contributed by atoms with van der Waals surface area (Å²) in [6.45, 7) is 5.38. The molecule has 20 heavy (non-hydrogen) atoms. The molecule has 0 aromatic heterocycles. The van der Waals surface area contributed by atoms with E-state index in [2.05, 4.69) is 21.2 Å². The van der Waals surface area contributed by atoms with E-state index in [4.69, 9.17) is 9.47 Å². The third-order valence-corrected chi connectivity index (χ3v) is 3.09. The van der Waals surface area contributed by atoms with Crippen LogP contribution in [0.3, 0.4) is 0 Å². The molecule has 1 atom stereocenters. The molecule has 0 aliphatic heterocycles. The first kappa shape index (κ1) is 17.4. The van der Waals surface area contributed by atoms with E-state index in [0.29, 0.717) is 29.9 Å². The van der Waals surface area contributed by atoms with Crippen LogP contribution in [0.4, 0.5) is 10.1 Å². The normalized spacial score (nSPS) is 12.7. The molecule has 1 rings (SSSR count). The van der Waals surface area contributed by atoms with Crippen molar-refractivity contribution < 1.29 is 19.0 Å². The second-order valence-electron chi connectivity index (χ2n) is 4.66. The topological polar surface area (TPSA) is 50.7 Å². The Balaban J connectivity index is 2.16. The molecular formula is C14H21BrFNO3. The first-order valence-electron chi connectivity index (χ1n) is 6.55. The van der Waals surface area contributed by atoms with Gasteiger partial charge in [-0.15, -0.1) is 0 Å². The lowest BCUT2D eigenvalue weighted by Gasteiger charge is -2.14. The van der Waals surface area contributed by atoms with Crippen molar-refractivity contribution in [3.8, 4) is 0 Å². The lowest BCUT2D eigenvalue weighted by Crippen LogP contribution is -2.25. The molecule has 1 aromatic rings. The molecule has 0 aliphatic carbocycles. The minimum Gasteiger partial charge on any atom is -0.389 e. The maximum Gasteiger partial charge on any atom is 0.139 e. The van der Waals surface area contributed by atoms with Crippen molar-refractivity contribution in [3.63, 3.8) is 0 Å². The molecule has 0 amide bonds. The van der Waals surface area contributed by atoms with Crippen LogP contribution in [-0.2, 0) is 9.47 Å². The molecule has 0 spiro atoms. The summed E-state index contributed by atoms with van der Waals surface area (Å²) in [5.74, 6) is -0.341. The van der Waals surface area contributed by atoms with Crippen LogP contribution in [0.15, 0.2) is 22.7 Å². The fourth-order valence-corrected chi connectivity index (χ4v) is 1.71. The van der Waals surface area contributed by atoms with Gasteiger partial charge in [0, 0.05) is 12.2 Å². The monoisotopic (exact) mass is 349 g/mol. The second-order valence-corrected chi connectivity index (χ2v) is 5.51. The summed E-state index contributed by atoms with van der Waals surface area (Å²) in [5, 5.41) is 12.7. The third kappa shape index (κ3) is 7.19. The van der Waals surface area contributed by atoms with Gasteiger partial charge in [0.05, 0.1) is 36.5 Å². The van der Waals surface area contributed by atoms with E-state index in [1.54, 1.807) is 12.1 Å². The highest BCUT2D eigenvalue weighted by Gasteiger charge is 2.06. The fourth-order valence-electron chi connectivity index (χ4n) is 1.46. The SMILES string of the molecule is CC(C)OCCOCC(O)CNc1ccc(Br)c(F)c1. The van der Waals surface area contributed by atoms with Crippen molar-refractivity contribution >= 4 is 21.6 Å². The molecule has 1 unspecified atom stereocenters. The molecule has 0 saturated heterocycles. The van der Waals surface area contributed by atoms with Crippen LogP contribution >= 0.6 is 15.9 Å². The molecule has 0 radical (unpaired) electrons. The Morgan fingerprint density at radius 1 is 1.35 bits per heavy atom. The number of aliphatic hydroxyl groups excluding tert-OH is 1. The van der Waals surface area contributed by atoms with Crippen molar-refractivity contribution in [2.24, 2.45) is 0 Å². The highest BCUT2D eigenvalue weighted by molar-refractivity contribution is 9.10. The van der Waals surface area contributed by atoms with E-state index in [0.717, 1.165) is 0 Å². The Morgan fingerprint density at radius 3 is 2.75 bits per heavy atom. The van der Waals surface area contributed by atoms with Gasteiger partial charge in [-0.25, -0.2) is 4.39 Å². The van der Waals surface area contributed by atoms with Crippen molar-refractivity contribution in [3.05, 3.63) is 28.5 Å². The summed E-state index contributed by atoms with van der Waals surface area (Å²) in [6.07, 6.45) is -0.474. The molecule has 2 N–H and O–H groups in total. The van der Waals surface area contributed by atoms with Gasteiger partial charge in [-0.05, 0) is 48.0 Å². The van der Waals surface area contributed by atoms with Crippen LogP contribution in [0.5, 0.6) is 0 Å². The quantitative estimate of drug-likeness (QED) is 0.673. The van der Waals surface area contributed by atoms with Crippen molar-refractivity contribution in [2.45, 2.75) is 26.1 Å². The molecule has 0 saturated carbocycles. The number of benzene rings is 1. The summed E-state index contributed by atoms with van der Waals surface area (Å²) in [4.78, 5) is 0. The van der Waals surface area contributed by atoms with Crippen LogP contribution in [-0.4, -0.2) is 43.7 Å². The number of rotatable bonds is 9. The van der Waals surface area contributed by atoms with Gasteiger partial charge in [-0.1, -0.05) is 0 Å². The van der Waals surface area contributed by atoms with E-state index in [1.165, 1.54) is 6.07 Å². The summed E-state index contributed by atoms with van der Waals surface area (Å²) in [7, 11) is 0. The Kier molecular flexibility index (Phi) is 8.06. The Bertz CT molecular complexity index is 404. The van der Waals surface area contributed by atoms with Gasteiger partial charge in [-0.3, -0.25) is 0 Å².